The monoisotopic (exact) mass is 411 g/mol. The lowest BCUT2D eigenvalue weighted by Gasteiger charge is -2.21. The molecule has 2 unspecified atom stereocenters. The van der Waals surface area contributed by atoms with Crippen molar-refractivity contribution < 1.29 is 9.53 Å². The third-order valence-corrected chi connectivity index (χ3v) is 4.77. The zero-order valence-corrected chi connectivity index (χ0v) is 15.2. The first-order valence-electron chi connectivity index (χ1n) is 7.48. The van der Waals surface area contributed by atoms with Crippen molar-refractivity contribution in [3.05, 3.63) is 42.0 Å². The summed E-state index contributed by atoms with van der Waals surface area (Å²) in [6, 6.07) is 12.5. The van der Waals surface area contributed by atoms with Gasteiger partial charge in [-0.1, -0.05) is 53.8 Å². The standard InChI is InChI=1S/C18H22INO2/c1-12(18(20)21)10-14(8-9-19)16-5-3-4-13-11-15(22-2)6-7-17(13)16/h3-7,11-12,14H,8-10H2,1-2H3,(H2,20,21). The average molecular weight is 411 g/mol. The zero-order chi connectivity index (χ0) is 16.1. The van der Waals surface area contributed by atoms with E-state index in [0.717, 1.165) is 23.0 Å². The maximum absolute atomic E-state index is 11.4. The van der Waals surface area contributed by atoms with E-state index in [1.165, 1.54) is 16.3 Å². The molecule has 0 heterocycles. The number of hydrogen-bond acceptors (Lipinski definition) is 2. The highest BCUT2D eigenvalue weighted by Crippen LogP contribution is 2.34. The molecular formula is C18H22INO2. The van der Waals surface area contributed by atoms with Crippen LogP contribution in [0.3, 0.4) is 0 Å². The smallest absolute Gasteiger partial charge is 0.220 e. The van der Waals surface area contributed by atoms with Crippen molar-refractivity contribution in [2.45, 2.75) is 25.7 Å². The molecule has 0 aliphatic heterocycles. The van der Waals surface area contributed by atoms with Crippen LogP contribution in [0.4, 0.5) is 0 Å². The van der Waals surface area contributed by atoms with Crippen LogP contribution in [-0.4, -0.2) is 17.4 Å². The number of alkyl halides is 1. The van der Waals surface area contributed by atoms with Gasteiger partial charge in [-0.2, -0.15) is 0 Å². The topological polar surface area (TPSA) is 52.3 Å². The highest BCUT2D eigenvalue weighted by molar-refractivity contribution is 14.1. The molecule has 22 heavy (non-hydrogen) atoms. The van der Waals surface area contributed by atoms with E-state index in [9.17, 15) is 4.79 Å². The molecule has 0 saturated carbocycles. The van der Waals surface area contributed by atoms with Crippen LogP contribution in [0.1, 0.15) is 31.2 Å². The molecule has 0 saturated heterocycles. The predicted molar refractivity (Wildman–Crippen MR) is 99.7 cm³/mol. The molecule has 2 aromatic rings. The lowest BCUT2D eigenvalue weighted by molar-refractivity contribution is -0.121. The van der Waals surface area contributed by atoms with Gasteiger partial charge in [0.1, 0.15) is 5.75 Å². The Morgan fingerprint density at radius 1 is 1.32 bits per heavy atom. The van der Waals surface area contributed by atoms with Gasteiger partial charge in [-0.05, 0) is 47.2 Å². The number of amides is 1. The molecule has 2 rings (SSSR count). The molecule has 2 aromatic carbocycles. The normalized spacial score (nSPS) is 13.8. The van der Waals surface area contributed by atoms with Crippen molar-refractivity contribution in [1.29, 1.82) is 0 Å². The van der Waals surface area contributed by atoms with Crippen LogP contribution in [0.15, 0.2) is 36.4 Å². The Hall–Kier alpha value is -1.30. The van der Waals surface area contributed by atoms with Crippen LogP contribution in [0, 0.1) is 5.92 Å². The number of nitrogens with two attached hydrogens (primary N) is 1. The molecule has 4 heteroatoms. The van der Waals surface area contributed by atoms with E-state index in [4.69, 9.17) is 10.5 Å². The second-order valence-electron chi connectivity index (χ2n) is 5.65. The summed E-state index contributed by atoms with van der Waals surface area (Å²) in [4.78, 5) is 11.4. The Morgan fingerprint density at radius 2 is 2.09 bits per heavy atom. The van der Waals surface area contributed by atoms with Gasteiger partial charge in [0.25, 0.3) is 0 Å². The largest absolute Gasteiger partial charge is 0.497 e. The molecule has 0 spiro atoms. The summed E-state index contributed by atoms with van der Waals surface area (Å²) in [6.45, 7) is 1.91. The van der Waals surface area contributed by atoms with Gasteiger partial charge >= 0.3 is 0 Å². The zero-order valence-electron chi connectivity index (χ0n) is 13.0. The maximum Gasteiger partial charge on any atom is 0.220 e. The molecule has 0 aromatic heterocycles. The summed E-state index contributed by atoms with van der Waals surface area (Å²) in [6.07, 6.45) is 1.84. The van der Waals surface area contributed by atoms with Crippen LogP contribution >= 0.6 is 22.6 Å². The van der Waals surface area contributed by atoms with Gasteiger partial charge in [-0.25, -0.2) is 0 Å². The van der Waals surface area contributed by atoms with E-state index in [1.54, 1.807) is 7.11 Å². The number of rotatable bonds is 7. The Kier molecular flexibility index (Phi) is 6.06. The molecule has 0 aliphatic rings. The number of fused-ring (bicyclic) bond motifs is 1. The summed E-state index contributed by atoms with van der Waals surface area (Å²) in [5, 5.41) is 2.40. The molecule has 3 nitrogen and oxygen atoms in total. The van der Waals surface area contributed by atoms with Gasteiger partial charge < -0.3 is 10.5 Å². The number of benzene rings is 2. The second kappa shape index (κ2) is 7.81. The van der Waals surface area contributed by atoms with Gasteiger partial charge in [0.05, 0.1) is 7.11 Å². The summed E-state index contributed by atoms with van der Waals surface area (Å²) < 4.78 is 6.36. The van der Waals surface area contributed by atoms with E-state index in [2.05, 4.69) is 52.9 Å². The summed E-state index contributed by atoms with van der Waals surface area (Å²) in [5.41, 5.74) is 6.75. The number of ether oxygens (including phenoxy) is 1. The predicted octanol–water partition coefficient (Wildman–Crippen LogP) is 4.27. The van der Waals surface area contributed by atoms with Gasteiger partial charge in [0, 0.05) is 10.3 Å². The molecule has 2 atom stereocenters. The molecule has 0 bridgehead atoms. The fourth-order valence-electron chi connectivity index (χ4n) is 2.84. The molecule has 1 amide bonds. The summed E-state index contributed by atoms with van der Waals surface area (Å²) >= 11 is 2.39. The number of carbonyl (C=O) groups excluding carboxylic acids is 1. The maximum atomic E-state index is 11.4. The highest BCUT2D eigenvalue weighted by Gasteiger charge is 2.20. The van der Waals surface area contributed by atoms with E-state index < -0.39 is 0 Å². The van der Waals surface area contributed by atoms with Crippen molar-refractivity contribution in [3.8, 4) is 5.75 Å². The van der Waals surface area contributed by atoms with Gasteiger partial charge in [0.2, 0.25) is 5.91 Å². The fraction of sp³-hybridized carbons (Fsp3) is 0.389. The number of halogens is 1. The van der Waals surface area contributed by atoms with Crippen LogP contribution in [-0.2, 0) is 4.79 Å². The molecule has 118 valence electrons. The van der Waals surface area contributed by atoms with Crippen molar-refractivity contribution in [2.24, 2.45) is 11.7 Å². The first-order valence-corrected chi connectivity index (χ1v) is 9.01. The Bertz CT molecular complexity index is 657. The van der Waals surface area contributed by atoms with Gasteiger partial charge in [-0.15, -0.1) is 0 Å². The van der Waals surface area contributed by atoms with Crippen molar-refractivity contribution in [1.82, 2.24) is 0 Å². The van der Waals surface area contributed by atoms with Crippen LogP contribution < -0.4 is 10.5 Å². The fourth-order valence-corrected chi connectivity index (χ4v) is 3.60. The molecule has 0 aliphatic carbocycles. The Morgan fingerprint density at radius 3 is 2.73 bits per heavy atom. The lowest BCUT2D eigenvalue weighted by atomic mass is 9.85. The van der Waals surface area contributed by atoms with Gasteiger partial charge in [-0.3, -0.25) is 4.79 Å². The second-order valence-corrected chi connectivity index (χ2v) is 6.73. The molecule has 0 radical (unpaired) electrons. The third-order valence-electron chi connectivity index (χ3n) is 4.14. The highest BCUT2D eigenvalue weighted by atomic mass is 127. The third kappa shape index (κ3) is 3.91. The average Bonchev–Trinajstić information content (AvgIpc) is 2.53. The van der Waals surface area contributed by atoms with Crippen molar-refractivity contribution >= 4 is 39.3 Å². The van der Waals surface area contributed by atoms with Crippen LogP contribution in [0.5, 0.6) is 5.75 Å². The number of carbonyl (C=O) groups is 1. The van der Waals surface area contributed by atoms with E-state index in [1.807, 2.05) is 13.0 Å². The first-order chi connectivity index (χ1) is 10.6. The van der Waals surface area contributed by atoms with Crippen molar-refractivity contribution in [3.63, 3.8) is 0 Å². The Balaban J connectivity index is 2.42. The molecular weight excluding hydrogens is 389 g/mol. The Labute approximate surface area is 145 Å². The summed E-state index contributed by atoms with van der Waals surface area (Å²) in [7, 11) is 1.68. The van der Waals surface area contributed by atoms with E-state index in [0.29, 0.717) is 5.92 Å². The van der Waals surface area contributed by atoms with E-state index in [-0.39, 0.29) is 11.8 Å². The minimum absolute atomic E-state index is 0.110. The minimum atomic E-state index is -0.222. The first kappa shape index (κ1) is 17.1. The number of primary amides is 1. The minimum Gasteiger partial charge on any atom is -0.497 e. The lowest BCUT2D eigenvalue weighted by Crippen LogP contribution is -2.22. The number of hydrogen-bond donors (Lipinski definition) is 1. The molecule has 2 N–H and O–H groups in total. The van der Waals surface area contributed by atoms with Crippen LogP contribution in [0.2, 0.25) is 0 Å². The summed E-state index contributed by atoms with van der Waals surface area (Å²) in [5.74, 6) is 0.874. The van der Waals surface area contributed by atoms with Crippen LogP contribution in [0.25, 0.3) is 10.8 Å². The quantitative estimate of drug-likeness (QED) is 0.547. The number of methoxy groups -OCH3 is 1. The SMILES string of the molecule is COc1ccc2c(C(CCI)CC(C)C(N)=O)cccc2c1. The van der Waals surface area contributed by atoms with Crippen molar-refractivity contribution in [2.75, 3.05) is 11.5 Å². The van der Waals surface area contributed by atoms with E-state index >= 15 is 0 Å². The van der Waals surface area contributed by atoms with Gasteiger partial charge in [0.15, 0.2) is 0 Å². The molecule has 0 fully saturated rings.